The third-order valence-electron chi connectivity index (χ3n) is 5.69. The Morgan fingerprint density at radius 1 is 0.939 bits per heavy atom. The lowest BCUT2D eigenvalue weighted by atomic mass is 9.92. The zero-order valence-corrected chi connectivity index (χ0v) is 19.1. The Morgan fingerprint density at radius 3 is 2.33 bits per heavy atom. The van der Waals surface area contributed by atoms with Gasteiger partial charge in [0.25, 0.3) is 11.7 Å². The van der Waals surface area contributed by atoms with E-state index in [0.717, 1.165) is 5.56 Å². The monoisotopic (exact) mass is 463 g/mol. The highest BCUT2D eigenvalue weighted by molar-refractivity contribution is 6.52. The number of rotatable bonds is 5. The average Bonchev–Trinajstić information content (AvgIpc) is 3.09. The van der Waals surface area contributed by atoms with Gasteiger partial charge < -0.3 is 14.6 Å². The van der Waals surface area contributed by atoms with Gasteiger partial charge in [0.05, 0.1) is 30.9 Å². The number of carbonyl (C=O) groups is 2. The Bertz CT molecular complexity index is 1280. The van der Waals surface area contributed by atoms with Crippen LogP contribution in [0.3, 0.4) is 0 Å². The van der Waals surface area contributed by atoms with Crippen LogP contribution in [0.1, 0.15) is 22.7 Å². The third kappa shape index (κ3) is 3.94. The molecular formula is C26H22ClNO5. The van der Waals surface area contributed by atoms with Gasteiger partial charge in [-0.15, -0.1) is 0 Å². The van der Waals surface area contributed by atoms with Crippen LogP contribution in [0.2, 0.25) is 5.02 Å². The number of ether oxygens (including phenoxy) is 2. The fourth-order valence-corrected chi connectivity index (χ4v) is 4.21. The van der Waals surface area contributed by atoms with Crippen molar-refractivity contribution >= 4 is 34.7 Å². The second-order valence-electron chi connectivity index (χ2n) is 7.57. The molecule has 33 heavy (non-hydrogen) atoms. The molecule has 3 aromatic carbocycles. The average molecular weight is 464 g/mol. The number of aryl methyl sites for hydroxylation is 1. The molecule has 0 aliphatic carbocycles. The predicted molar refractivity (Wildman–Crippen MR) is 127 cm³/mol. The molecule has 1 N–H and O–H groups in total. The van der Waals surface area contributed by atoms with Crippen LogP contribution in [-0.4, -0.2) is 31.0 Å². The van der Waals surface area contributed by atoms with Crippen LogP contribution in [0.4, 0.5) is 5.69 Å². The maximum Gasteiger partial charge on any atom is 0.300 e. The van der Waals surface area contributed by atoms with Crippen molar-refractivity contribution in [3.8, 4) is 11.5 Å². The molecule has 1 saturated heterocycles. The first-order valence-electron chi connectivity index (χ1n) is 10.2. The Morgan fingerprint density at radius 2 is 1.64 bits per heavy atom. The molecule has 1 unspecified atom stereocenters. The molecule has 0 spiro atoms. The maximum atomic E-state index is 13.3. The number of carbonyl (C=O) groups excluding carboxylic acids is 2. The number of amides is 1. The third-order valence-corrected chi connectivity index (χ3v) is 6.02. The van der Waals surface area contributed by atoms with E-state index in [1.165, 1.54) is 25.2 Å². The number of aliphatic hydroxyl groups is 1. The standard InChI is InChI=1S/C26H22ClNO5/c1-15-7-4-5-10-19(15)23-22(24(29)20-14-18(33-3)11-12-21(20)27)25(30)26(31)28(23)16-8-6-9-17(13-16)32-2/h4-14,23,29H,1-3H3/b24-22+. The Hall–Kier alpha value is -3.77. The van der Waals surface area contributed by atoms with E-state index in [-0.39, 0.29) is 21.9 Å². The minimum atomic E-state index is -0.861. The molecular weight excluding hydrogens is 442 g/mol. The summed E-state index contributed by atoms with van der Waals surface area (Å²) in [6, 6.07) is 18.2. The fraction of sp³-hybridized carbons (Fsp3) is 0.154. The second kappa shape index (κ2) is 9.00. The van der Waals surface area contributed by atoms with Crippen molar-refractivity contribution < 1.29 is 24.2 Å². The first-order valence-corrected chi connectivity index (χ1v) is 10.6. The number of hydrogen-bond acceptors (Lipinski definition) is 5. The summed E-state index contributed by atoms with van der Waals surface area (Å²) in [5.41, 5.74) is 2.20. The number of halogens is 1. The van der Waals surface area contributed by atoms with Crippen molar-refractivity contribution in [3.63, 3.8) is 0 Å². The van der Waals surface area contributed by atoms with Crippen LogP contribution in [0.5, 0.6) is 11.5 Å². The molecule has 4 rings (SSSR count). The lowest BCUT2D eigenvalue weighted by Crippen LogP contribution is -2.29. The summed E-state index contributed by atoms with van der Waals surface area (Å²) < 4.78 is 10.6. The molecule has 1 fully saturated rings. The van der Waals surface area contributed by atoms with Crippen LogP contribution < -0.4 is 14.4 Å². The Kier molecular flexibility index (Phi) is 6.11. The van der Waals surface area contributed by atoms with Crippen LogP contribution in [-0.2, 0) is 9.59 Å². The van der Waals surface area contributed by atoms with Gasteiger partial charge in [-0.1, -0.05) is 41.9 Å². The van der Waals surface area contributed by atoms with Gasteiger partial charge >= 0.3 is 0 Å². The van der Waals surface area contributed by atoms with Crippen molar-refractivity contribution in [1.82, 2.24) is 0 Å². The summed E-state index contributed by atoms with van der Waals surface area (Å²) in [5.74, 6) is -0.931. The smallest absolute Gasteiger partial charge is 0.300 e. The van der Waals surface area contributed by atoms with Crippen molar-refractivity contribution in [1.29, 1.82) is 0 Å². The lowest BCUT2D eigenvalue weighted by molar-refractivity contribution is -0.132. The summed E-state index contributed by atoms with van der Waals surface area (Å²) in [6.45, 7) is 1.89. The van der Waals surface area contributed by atoms with Crippen molar-refractivity contribution in [2.45, 2.75) is 13.0 Å². The molecule has 0 bridgehead atoms. The number of aliphatic hydroxyl groups excluding tert-OH is 1. The normalized spacial score (nSPS) is 17.3. The van der Waals surface area contributed by atoms with Crippen LogP contribution >= 0.6 is 11.6 Å². The van der Waals surface area contributed by atoms with Gasteiger partial charge in [-0.05, 0) is 48.4 Å². The minimum Gasteiger partial charge on any atom is -0.507 e. The van der Waals surface area contributed by atoms with Crippen LogP contribution in [0.25, 0.3) is 5.76 Å². The quantitative estimate of drug-likeness (QED) is 0.316. The molecule has 0 saturated carbocycles. The topological polar surface area (TPSA) is 76.1 Å². The molecule has 3 aromatic rings. The van der Waals surface area contributed by atoms with Crippen molar-refractivity contribution in [3.05, 3.63) is 94.0 Å². The molecule has 1 aliphatic heterocycles. The Balaban J connectivity index is 2.00. The van der Waals surface area contributed by atoms with Gasteiger partial charge in [0.2, 0.25) is 0 Å². The predicted octanol–water partition coefficient (Wildman–Crippen LogP) is 5.29. The fourth-order valence-electron chi connectivity index (χ4n) is 4.00. The molecule has 168 valence electrons. The van der Waals surface area contributed by atoms with E-state index in [1.54, 1.807) is 36.4 Å². The molecule has 0 radical (unpaired) electrons. The van der Waals surface area contributed by atoms with Gasteiger partial charge in [0.1, 0.15) is 17.3 Å². The van der Waals surface area contributed by atoms with Crippen molar-refractivity contribution in [2.24, 2.45) is 0 Å². The highest BCUT2D eigenvalue weighted by Crippen LogP contribution is 2.44. The van der Waals surface area contributed by atoms with E-state index >= 15 is 0 Å². The molecule has 0 aromatic heterocycles. The number of anilines is 1. The van der Waals surface area contributed by atoms with E-state index in [0.29, 0.717) is 22.7 Å². The van der Waals surface area contributed by atoms with E-state index in [1.807, 2.05) is 31.2 Å². The number of benzene rings is 3. The van der Waals surface area contributed by atoms with Gasteiger partial charge in [-0.25, -0.2) is 0 Å². The minimum absolute atomic E-state index is 0.0488. The summed E-state index contributed by atoms with van der Waals surface area (Å²) in [4.78, 5) is 28.0. The zero-order chi connectivity index (χ0) is 23.7. The van der Waals surface area contributed by atoms with Gasteiger partial charge in [-0.3, -0.25) is 14.5 Å². The molecule has 1 aliphatic rings. The summed E-state index contributed by atoms with van der Waals surface area (Å²) in [7, 11) is 3.01. The maximum absolute atomic E-state index is 13.3. The zero-order valence-electron chi connectivity index (χ0n) is 18.3. The van der Waals surface area contributed by atoms with E-state index in [9.17, 15) is 14.7 Å². The summed E-state index contributed by atoms with van der Waals surface area (Å²) >= 11 is 6.35. The first kappa shape index (κ1) is 22.4. The summed E-state index contributed by atoms with van der Waals surface area (Å²) in [5, 5.41) is 11.5. The number of hydrogen-bond donors (Lipinski definition) is 1. The molecule has 1 atom stereocenters. The second-order valence-corrected chi connectivity index (χ2v) is 7.98. The highest BCUT2D eigenvalue weighted by atomic mass is 35.5. The highest BCUT2D eigenvalue weighted by Gasteiger charge is 2.47. The summed E-state index contributed by atoms with van der Waals surface area (Å²) in [6.07, 6.45) is 0. The molecule has 7 heteroatoms. The van der Waals surface area contributed by atoms with Gasteiger partial charge in [0, 0.05) is 17.3 Å². The van der Waals surface area contributed by atoms with E-state index in [2.05, 4.69) is 0 Å². The molecule has 1 heterocycles. The van der Waals surface area contributed by atoms with Crippen molar-refractivity contribution in [2.75, 3.05) is 19.1 Å². The van der Waals surface area contributed by atoms with Gasteiger partial charge in [0.15, 0.2) is 0 Å². The van der Waals surface area contributed by atoms with E-state index in [4.69, 9.17) is 21.1 Å². The first-order chi connectivity index (χ1) is 15.9. The number of nitrogens with zero attached hydrogens (tertiary/aromatic N) is 1. The number of ketones is 1. The molecule has 6 nitrogen and oxygen atoms in total. The van der Waals surface area contributed by atoms with Crippen LogP contribution in [0, 0.1) is 6.92 Å². The lowest BCUT2D eigenvalue weighted by Gasteiger charge is -2.27. The SMILES string of the molecule is COc1cccc(N2C(=O)C(=O)/C(=C(/O)c3cc(OC)ccc3Cl)C2c2ccccc2C)c1. The Labute approximate surface area is 196 Å². The largest absolute Gasteiger partial charge is 0.507 e. The molecule has 1 amide bonds. The van der Waals surface area contributed by atoms with E-state index < -0.39 is 17.7 Å². The van der Waals surface area contributed by atoms with Gasteiger partial charge in [-0.2, -0.15) is 0 Å². The number of Topliss-reactive ketones (excluding diaryl/α,β-unsaturated/α-hetero) is 1. The number of methoxy groups -OCH3 is 2. The van der Waals surface area contributed by atoms with Crippen LogP contribution in [0.15, 0.2) is 72.3 Å².